The lowest BCUT2D eigenvalue weighted by Gasteiger charge is -2.04. The van der Waals surface area contributed by atoms with Crippen LogP contribution in [0.25, 0.3) is 10.2 Å². The van der Waals surface area contributed by atoms with Crippen LogP contribution in [0.15, 0.2) is 36.4 Å². The highest BCUT2D eigenvalue weighted by Crippen LogP contribution is 2.30. The van der Waals surface area contributed by atoms with Gasteiger partial charge in [0.05, 0.1) is 32.3 Å². The molecule has 3 aromatic rings. The number of thiazole rings is 1. The lowest BCUT2D eigenvalue weighted by Crippen LogP contribution is -2.12. The Labute approximate surface area is 164 Å². The molecule has 1 N–H and O–H groups in total. The van der Waals surface area contributed by atoms with Crippen LogP contribution in [0.3, 0.4) is 0 Å². The molecule has 0 atom stereocenters. The third kappa shape index (κ3) is 4.53. The number of ether oxygens (including phenoxy) is 1. The number of nitrogens with zero attached hydrogens (tertiary/aromatic N) is 2. The van der Waals surface area contributed by atoms with Crippen LogP contribution in [-0.4, -0.2) is 22.4 Å². The van der Waals surface area contributed by atoms with E-state index in [1.807, 2.05) is 18.2 Å². The highest BCUT2D eigenvalue weighted by molar-refractivity contribution is 7.22. The number of hydrogen-bond donors (Lipinski definition) is 1. The number of amides is 1. The zero-order chi connectivity index (χ0) is 19.4. The first kappa shape index (κ1) is 19.1. The fourth-order valence-corrected chi connectivity index (χ4v) is 3.50. The number of carbonyl (C=O) groups excluding carboxylic acids is 1. The molecule has 9 heteroatoms. The van der Waals surface area contributed by atoms with Gasteiger partial charge in [-0.25, -0.2) is 4.98 Å². The number of fused-ring (bicyclic) bond motifs is 1. The summed E-state index contributed by atoms with van der Waals surface area (Å²) in [4.78, 5) is 27.0. The summed E-state index contributed by atoms with van der Waals surface area (Å²) in [6.07, 6.45) is 2.04. The molecule has 0 aliphatic rings. The highest BCUT2D eigenvalue weighted by atomic mass is 35.5. The number of aromatic nitrogens is 1. The number of unbranched alkanes of at least 4 members (excludes halogenated alkanes) is 1. The van der Waals surface area contributed by atoms with E-state index >= 15 is 0 Å². The molecule has 0 saturated heterocycles. The average Bonchev–Trinajstić information content (AvgIpc) is 3.03. The SMILES string of the molecule is CCCCOc1ccc2nc(NC(=O)c3ccc([N+](=O)[O-])cc3Cl)sc2c1. The first-order chi connectivity index (χ1) is 13.0. The van der Waals surface area contributed by atoms with Gasteiger partial charge in [0.15, 0.2) is 5.13 Å². The molecule has 0 aliphatic heterocycles. The molecule has 140 valence electrons. The van der Waals surface area contributed by atoms with Gasteiger partial charge in [0.25, 0.3) is 11.6 Å². The van der Waals surface area contributed by atoms with Crippen molar-refractivity contribution in [1.29, 1.82) is 0 Å². The van der Waals surface area contributed by atoms with Crippen LogP contribution in [0.1, 0.15) is 30.1 Å². The summed E-state index contributed by atoms with van der Waals surface area (Å²) in [5.41, 5.74) is 0.713. The number of anilines is 1. The Hall–Kier alpha value is -2.71. The number of nitro groups is 1. The summed E-state index contributed by atoms with van der Waals surface area (Å²) in [5, 5.41) is 13.9. The third-order valence-corrected chi connectivity index (χ3v) is 5.00. The number of benzene rings is 2. The Morgan fingerprint density at radius 3 is 2.85 bits per heavy atom. The molecule has 0 spiro atoms. The molecule has 2 aromatic carbocycles. The molecule has 0 aliphatic carbocycles. The fourth-order valence-electron chi connectivity index (χ4n) is 2.35. The van der Waals surface area contributed by atoms with Gasteiger partial charge in [0, 0.05) is 12.1 Å². The van der Waals surface area contributed by atoms with E-state index in [0.29, 0.717) is 11.7 Å². The topological polar surface area (TPSA) is 94.4 Å². The normalized spacial score (nSPS) is 10.7. The number of rotatable bonds is 7. The molecule has 0 unspecified atom stereocenters. The molecule has 0 fully saturated rings. The van der Waals surface area contributed by atoms with E-state index in [9.17, 15) is 14.9 Å². The number of carbonyl (C=O) groups is 1. The summed E-state index contributed by atoms with van der Waals surface area (Å²) in [6, 6.07) is 9.27. The van der Waals surface area contributed by atoms with Crippen molar-refractivity contribution in [2.75, 3.05) is 11.9 Å². The van der Waals surface area contributed by atoms with Gasteiger partial charge in [0.1, 0.15) is 5.75 Å². The standard InChI is InChI=1S/C18H16ClN3O4S/c1-2-3-8-26-12-5-7-15-16(10-12)27-18(20-15)21-17(23)13-6-4-11(22(24)25)9-14(13)19/h4-7,9-10H,2-3,8H2,1H3,(H,20,21,23). The molecule has 3 rings (SSSR count). The van der Waals surface area contributed by atoms with Crippen LogP contribution in [0.5, 0.6) is 5.75 Å². The summed E-state index contributed by atoms with van der Waals surface area (Å²) in [6.45, 7) is 2.75. The van der Waals surface area contributed by atoms with Gasteiger partial charge in [-0.05, 0) is 30.7 Å². The molecular weight excluding hydrogens is 390 g/mol. The van der Waals surface area contributed by atoms with Crippen LogP contribution < -0.4 is 10.1 Å². The van der Waals surface area contributed by atoms with E-state index in [2.05, 4.69) is 17.2 Å². The third-order valence-electron chi connectivity index (χ3n) is 3.76. The summed E-state index contributed by atoms with van der Waals surface area (Å²) in [7, 11) is 0. The Balaban J connectivity index is 1.76. The van der Waals surface area contributed by atoms with Gasteiger partial charge >= 0.3 is 0 Å². The van der Waals surface area contributed by atoms with Gasteiger partial charge in [-0.2, -0.15) is 0 Å². The van der Waals surface area contributed by atoms with Crippen LogP contribution in [0, 0.1) is 10.1 Å². The van der Waals surface area contributed by atoms with E-state index in [1.165, 1.54) is 23.5 Å². The molecule has 1 amide bonds. The summed E-state index contributed by atoms with van der Waals surface area (Å²) < 4.78 is 6.56. The molecule has 1 aromatic heterocycles. The second-order valence-electron chi connectivity index (χ2n) is 5.73. The van der Waals surface area contributed by atoms with Crippen LogP contribution in [-0.2, 0) is 0 Å². The number of nitro benzene ring substituents is 1. The number of non-ortho nitro benzene ring substituents is 1. The van der Waals surface area contributed by atoms with Crippen molar-refractivity contribution >= 4 is 49.9 Å². The monoisotopic (exact) mass is 405 g/mol. The predicted molar refractivity (Wildman–Crippen MR) is 106 cm³/mol. The van der Waals surface area contributed by atoms with Crippen molar-refractivity contribution in [3.05, 3.63) is 57.1 Å². The largest absolute Gasteiger partial charge is 0.494 e. The van der Waals surface area contributed by atoms with Crippen molar-refractivity contribution in [1.82, 2.24) is 4.98 Å². The fraction of sp³-hybridized carbons (Fsp3) is 0.222. The van der Waals surface area contributed by atoms with E-state index in [-0.39, 0.29) is 16.3 Å². The van der Waals surface area contributed by atoms with Gasteiger partial charge in [-0.1, -0.05) is 36.3 Å². The van der Waals surface area contributed by atoms with Crippen LogP contribution in [0.2, 0.25) is 5.02 Å². The zero-order valence-electron chi connectivity index (χ0n) is 14.4. The van der Waals surface area contributed by atoms with Gasteiger partial charge in [-0.3, -0.25) is 20.2 Å². The summed E-state index contributed by atoms with van der Waals surface area (Å²) in [5.74, 6) is 0.282. The van der Waals surface area contributed by atoms with Crippen molar-refractivity contribution in [2.24, 2.45) is 0 Å². The Kier molecular flexibility index (Phi) is 5.88. The van der Waals surface area contributed by atoms with Crippen molar-refractivity contribution in [3.8, 4) is 5.75 Å². The first-order valence-corrected chi connectivity index (χ1v) is 9.46. The summed E-state index contributed by atoms with van der Waals surface area (Å²) >= 11 is 7.31. The number of hydrogen-bond acceptors (Lipinski definition) is 6. The predicted octanol–water partition coefficient (Wildman–Crippen LogP) is 5.29. The average molecular weight is 406 g/mol. The molecule has 1 heterocycles. The lowest BCUT2D eigenvalue weighted by molar-refractivity contribution is -0.384. The quantitative estimate of drug-likeness (QED) is 0.327. The minimum absolute atomic E-state index is 0.00872. The number of halogens is 1. The number of nitrogens with one attached hydrogen (secondary N) is 1. The van der Waals surface area contributed by atoms with E-state index in [4.69, 9.17) is 16.3 Å². The Morgan fingerprint density at radius 2 is 2.15 bits per heavy atom. The van der Waals surface area contributed by atoms with Crippen molar-refractivity contribution in [3.63, 3.8) is 0 Å². The smallest absolute Gasteiger partial charge is 0.270 e. The maximum Gasteiger partial charge on any atom is 0.270 e. The van der Waals surface area contributed by atoms with Gasteiger partial charge in [0.2, 0.25) is 0 Å². The molecule has 7 nitrogen and oxygen atoms in total. The van der Waals surface area contributed by atoms with E-state index < -0.39 is 10.8 Å². The van der Waals surface area contributed by atoms with Crippen LogP contribution >= 0.6 is 22.9 Å². The molecule has 0 bridgehead atoms. The first-order valence-electron chi connectivity index (χ1n) is 8.26. The minimum atomic E-state index is -0.568. The van der Waals surface area contributed by atoms with Gasteiger partial charge in [-0.15, -0.1) is 0 Å². The maximum absolute atomic E-state index is 12.4. The molecule has 27 heavy (non-hydrogen) atoms. The molecular formula is C18H16ClN3O4S. The lowest BCUT2D eigenvalue weighted by atomic mass is 10.2. The van der Waals surface area contributed by atoms with E-state index in [1.54, 1.807) is 0 Å². The molecule has 0 saturated carbocycles. The maximum atomic E-state index is 12.4. The highest BCUT2D eigenvalue weighted by Gasteiger charge is 2.16. The Morgan fingerprint density at radius 1 is 1.33 bits per heavy atom. The van der Waals surface area contributed by atoms with E-state index in [0.717, 1.165) is 34.9 Å². The zero-order valence-corrected chi connectivity index (χ0v) is 16.0. The minimum Gasteiger partial charge on any atom is -0.494 e. The second kappa shape index (κ2) is 8.32. The molecule has 0 radical (unpaired) electrons. The van der Waals surface area contributed by atoms with Crippen molar-refractivity contribution in [2.45, 2.75) is 19.8 Å². The Bertz CT molecular complexity index is 1010. The second-order valence-corrected chi connectivity index (χ2v) is 7.16. The van der Waals surface area contributed by atoms with Gasteiger partial charge < -0.3 is 4.74 Å². The van der Waals surface area contributed by atoms with Crippen LogP contribution in [0.4, 0.5) is 10.8 Å². The van der Waals surface area contributed by atoms with Crippen molar-refractivity contribution < 1.29 is 14.5 Å².